The van der Waals surface area contributed by atoms with Gasteiger partial charge in [-0.15, -0.1) is 0 Å². The molecule has 0 spiro atoms. The van der Waals surface area contributed by atoms with Gasteiger partial charge in [0.05, 0.1) is 24.0 Å². The minimum atomic E-state index is -3.26. The predicted molar refractivity (Wildman–Crippen MR) is 52.9 cm³/mol. The largest absolute Gasteiger partial charge is 0.394 e. The molecule has 1 unspecified atom stereocenters. The highest BCUT2D eigenvalue weighted by Crippen LogP contribution is 2.29. The summed E-state index contributed by atoms with van der Waals surface area (Å²) in [6.07, 6.45) is -4.42. The normalized spacial score (nSPS) is 12.9. The predicted octanol–water partition coefficient (Wildman–Crippen LogP) is 1.67. The summed E-state index contributed by atoms with van der Waals surface area (Å²) < 4.78 is 51.0. The zero-order chi connectivity index (χ0) is 13.0. The summed E-state index contributed by atoms with van der Waals surface area (Å²) in [5.74, 6) is -2.73. The van der Waals surface area contributed by atoms with Crippen molar-refractivity contribution in [2.24, 2.45) is 0 Å². The molecular formula is C10H11F4NO2. The number of nitrogens with one attached hydrogen (secondary N) is 1. The van der Waals surface area contributed by atoms with E-state index in [9.17, 15) is 17.6 Å². The number of anilines is 1. The van der Waals surface area contributed by atoms with E-state index in [1.54, 1.807) is 0 Å². The number of alkyl halides is 2. The van der Waals surface area contributed by atoms with Gasteiger partial charge in [-0.25, -0.2) is 17.6 Å². The molecule has 0 radical (unpaired) electrons. The van der Waals surface area contributed by atoms with E-state index in [-0.39, 0.29) is 12.2 Å². The fourth-order valence-electron chi connectivity index (χ4n) is 1.20. The van der Waals surface area contributed by atoms with Crippen LogP contribution >= 0.6 is 0 Å². The maximum Gasteiger partial charge on any atom is 0.269 e. The summed E-state index contributed by atoms with van der Waals surface area (Å²) in [6.45, 7) is -0.792. The molecule has 1 atom stereocenters. The van der Waals surface area contributed by atoms with Crippen LogP contribution in [0, 0.1) is 11.6 Å². The average molecular weight is 253 g/mol. The van der Waals surface area contributed by atoms with E-state index in [1.165, 1.54) is 0 Å². The fourth-order valence-corrected chi connectivity index (χ4v) is 1.20. The van der Waals surface area contributed by atoms with Gasteiger partial charge in [0.1, 0.15) is 5.82 Å². The van der Waals surface area contributed by atoms with Crippen molar-refractivity contribution in [3.05, 3.63) is 29.3 Å². The average Bonchev–Trinajstić information content (AvgIpc) is 2.27. The highest BCUT2D eigenvalue weighted by atomic mass is 19.3. The first-order valence-corrected chi connectivity index (χ1v) is 4.76. The third kappa shape index (κ3) is 3.31. The molecule has 0 aliphatic rings. The van der Waals surface area contributed by atoms with Gasteiger partial charge in [-0.05, 0) is 12.1 Å². The van der Waals surface area contributed by atoms with Crippen LogP contribution in [-0.4, -0.2) is 29.5 Å². The summed E-state index contributed by atoms with van der Waals surface area (Å²) in [5, 5.41) is 19.8. The Labute approximate surface area is 94.7 Å². The van der Waals surface area contributed by atoms with E-state index < -0.39 is 36.3 Å². The Bertz CT molecular complexity index is 387. The van der Waals surface area contributed by atoms with Crippen LogP contribution in [0.2, 0.25) is 0 Å². The van der Waals surface area contributed by atoms with Gasteiger partial charge in [0.15, 0.2) is 5.82 Å². The number of halogens is 4. The maximum absolute atomic E-state index is 13.4. The molecule has 0 aliphatic heterocycles. The fraction of sp³-hybridized carbons (Fsp3) is 0.400. The van der Waals surface area contributed by atoms with Gasteiger partial charge in [-0.3, -0.25) is 0 Å². The molecule has 0 saturated carbocycles. The number of aliphatic hydroxyl groups is 2. The first-order chi connectivity index (χ1) is 7.97. The number of aliphatic hydroxyl groups excluding tert-OH is 2. The molecule has 0 bridgehead atoms. The molecule has 0 amide bonds. The summed E-state index contributed by atoms with van der Waals surface area (Å²) in [6, 6.07) is 1.65. The molecule has 0 fully saturated rings. The molecule has 1 rings (SSSR count). The first-order valence-electron chi connectivity index (χ1n) is 4.76. The lowest BCUT2D eigenvalue weighted by atomic mass is 10.1. The van der Waals surface area contributed by atoms with E-state index in [0.717, 1.165) is 6.07 Å². The molecule has 0 heterocycles. The lowest BCUT2D eigenvalue weighted by Gasteiger charge is -2.13. The topological polar surface area (TPSA) is 52.5 Å². The number of rotatable bonds is 5. The number of hydrogen-bond donors (Lipinski definition) is 3. The molecule has 7 heteroatoms. The monoisotopic (exact) mass is 253 g/mol. The first kappa shape index (κ1) is 13.7. The SMILES string of the molecule is OCC(O)CNc1ccc(F)c(C(F)F)c1F. The van der Waals surface area contributed by atoms with Crippen LogP contribution in [0.4, 0.5) is 23.2 Å². The van der Waals surface area contributed by atoms with Crippen molar-refractivity contribution < 1.29 is 27.8 Å². The van der Waals surface area contributed by atoms with Crippen molar-refractivity contribution in [3.8, 4) is 0 Å². The molecule has 0 aliphatic carbocycles. The van der Waals surface area contributed by atoms with Crippen LogP contribution in [0.5, 0.6) is 0 Å². The van der Waals surface area contributed by atoms with Crippen molar-refractivity contribution in [1.29, 1.82) is 0 Å². The van der Waals surface area contributed by atoms with Gasteiger partial charge in [0, 0.05) is 6.54 Å². The van der Waals surface area contributed by atoms with Crippen LogP contribution < -0.4 is 5.32 Å². The third-order valence-electron chi connectivity index (χ3n) is 2.08. The molecule has 17 heavy (non-hydrogen) atoms. The van der Waals surface area contributed by atoms with E-state index in [1.807, 2.05) is 0 Å². The van der Waals surface area contributed by atoms with E-state index in [4.69, 9.17) is 10.2 Å². The summed E-state index contributed by atoms with van der Waals surface area (Å²) in [7, 11) is 0. The molecule has 96 valence electrons. The molecule has 0 saturated heterocycles. The second kappa shape index (κ2) is 5.83. The Morgan fingerprint density at radius 2 is 1.88 bits per heavy atom. The minimum absolute atomic E-state index is 0.234. The van der Waals surface area contributed by atoms with E-state index >= 15 is 0 Å². The van der Waals surface area contributed by atoms with E-state index in [0.29, 0.717) is 6.07 Å². The Hall–Kier alpha value is -1.34. The van der Waals surface area contributed by atoms with E-state index in [2.05, 4.69) is 5.32 Å². The highest BCUT2D eigenvalue weighted by Gasteiger charge is 2.21. The summed E-state index contributed by atoms with van der Waals surface area (Å²) >= 11 is 0. The third-order valence-corrected chi connectivity index (χ3v) is 2.08. The van der Waals surface area contributed by atoms with Gasteiger partial charge in [0.2, 0.25) is 0 Å². The molecule has 3 N–H and O–H groups in total. The minimum Gasteiger partial charge on any atom is -0.394 e. The zero-order valence-electron chi connectivity index (χ0n) is 8.63. The second-order valence-electron chi connectivity index (χ2n) is 3.34. The van der Waals surface area contributed by atoms with Crippen molar-refractivity contribution in [2.75, 3.05) is 18.5 Å². The molecular weight excluding hydrogens is 242 g/mol. The van der Waals surface area contributed by atoms with Crippen LogP contribution in [-0.2, 0) is 0 Å². The lowest BCUT2D eigenvalue weighted by Crippen LogP contribution is -2.23. The lowest BCUT2D eigenvalue weighted by molar-refractivity contribution is 0.105. The van der Waals surface area contributed by atoms with Crippen molar-refractivity contribution in [2.45, 2.75) is 12.5 Å². The summed E-state index contributed by atoms with van der Waals surface area (Å²) in [4.78, 5) is 0. The van der Waals surface area contributed by atoms with Crippen LogP contribution in [0.25, 0.3) is 0 Å². The van der Waals surface area contributed by atoms with Crippen LogP contribution in [0.3, 0.4) is 0 Å². The van der Waals surface area contributed by atoms with Gasteiger partial charge in [-0.2, -0.15) is 0 Å². The molecule has 1 aromatic carbocycles. The maximum atomic E-state index is 13.4. The highest BCUT2D eigenvalue weighted by molar-refractivity contribution is 5.48. The Kier molecular flexibility index (Phi) is 4.71. The smallest absolute Gasteiger partial charge is 0.269 e. The zero-order valence-corrected chi connectivity index (χ0v) is 8.63. The Balaban J connectivity index is 2.91. The number of benzene rings is 1. The van der Waals surface area contributed by atoms with Crippen molar-refractivity contribution >= 4 is 5.69 Å². The van der Waals surface area contributed by atoms with Crippen molar-refractivity contribution in [3.63, 3.8) is 0 Å². The molecule has 3 nitrogen and oxygen atoms in total. The van der Waals surface area contributed by atoms with Gasteiger partial charge in [-0.1, -0.05) is 0 Å². The summed E-state index contributed by atoms with van der Waals surface area (Å²) in [5.41, 5.74) is -1.66. The van der Waals surface area contributed by atoms with Gasteiger partial charge >= 0.3 is 0 Å². The van der Waals surface area contributed by atoms with Crippen LogP contribution in [0.1, 0.15) is 12.0 Å². The standard InChI is InChI=1S/C10H11F4NO2/c11-6-1-2-7(15-3-5(17)4-16)9(12)8(6)10(13)14/h1-2,5,10,15-17H,3-4H2. The molecule has 1 aromatic rings. The van der Waals surface area contributed by atoms with Gasteiger partial charge < -0.3 is 15.5 Å². The van der Waals surface area contributed by atoms with Crippen LogP contribution in [0.15, 0.2) is 12.1 Å². The number of hydrogen-bond acceptors (Lipinski definition) is 3. The van der Waals surface area contributed by atoms with Crippen molar-refractivity contribution in [1.82, 2.24) is 0 Å². The molecule has 0 aromatic heterocycles. The second-order valence-corrected chi connectivity index (χ2v) is 3.34. The Morgan fingerprint density at radius 1 is 1.24 bits per heavy atom. The Morgan fingerprint density at radius 3 is 2.41 bits per heavy atom. The van der Waals surface area contributed by atoms with Gasteiger partial charge in [0.25, 0.3) is 6.43 Å². The quantitative estimate of drug-likeness (QED) is 0.700.